The van der Waals surface area contributed by atoms with E-state index in [1.54, 1.807) is 19.4 Å². The van der Waals surface area contributed by atoms with Gasteiger partial charge in [0.25, 0.3) is 5.91 Å². The van der Waals surface area contributed by atoms with Crippen molar-refractivity contribution < 1.29 is 9.53 Å². The Morgan fingerprint density at radius 3 is 2.76 bits per heavy atom. The maximum Gasteiger partial charge on any atom is 0.258 e. The second kappa shape index (κ2) is 8.03. The summed E-state index contributed by atoms with van der Waals surface area (Å²) in [5.41, 5.74) is 2.60. The summed E-state index contributed by atoms with van der Waals surface area (Å²) >= 11 is 0. The molecule has 0 unspecified atom stereocenters. The number of pyridine rings is 1. The van der Waals surface area contributed by atoms with E-state index < -0.39 is 0 Å². The van der Waals surface area contributed by atoms with Crippen LogP contribution in [0.5, 0.6) is 5.75 Å². The van der Waals surface area contributed by atoms with E-state index in [0.29, 0.717) is 24.4 Å². The van der Waals surface area contributed by atoms with E-state index in [9.17, 15) is 4.79 Å². The molecule has 0 saturated heterocycles. The van der Waals surface area contributed by atoms with Crippen molar-refractivity contribution in [2.24, 2.45) is 0 Å². The Labute approximate surface area is 170 Å². The molecule has 0 bridgehead atoms. The van der Waals surface area contributed by atoms with Crippen LogP contribution in [0, 0.1) is 6.92 Å². The van der Waals surface area contributed by atoms with Crippen molar-refractivity contribution in [2.75, 3.05) is 13.7 Å². The lowest BCUT2D eigenvalue weighted by Gasteiger charge is -2.33. The molecule has 0 saturated carbocycles. The van der Waals surface area contributed by atoms with Crippen molar-refractivity contribution in [3.8, 4) is 5.75 Å². The minimum Gasteiger partial charge on any atom is -0.494 e. The van der Waals surface area contributed by atoms with Crippen LogP contribution in [-0.2, 0) is 19.4 Å². The second-order valence-electron chi connectivity index (χ2n) is 7.45. The van der Waals surface area contributed by atoms with Crippen molar-refractivity contribution in [3.05, 3.63) is 71.1 Å². The van der Waals surface area contributed by atoms with Crippen molar-refractivity contribution in [1.82, 2.24) is 24.6 Å². The Hall–Kier alpha value is -3.22. The monoisotopic (exact) mass is 391 g/mol. The van der Waals surface area contributed by atoms with E-state index in [-0.39, 0.29) is 11.9 Å². The van der Waals surface area contributed by atoms with Crippen molar-refractivity contribution in [2.45, 2.75) is 39.3 Å². The zero-order valence-electron chi connectivity index (χ0n) is 17.0. The van der Waals surface area contributed by atoms with Crippen LogP contribution >= 0.6 is 0 Å². The van der Waals surface area contributed by atoms with E-state index in [4.69, 9.17) is 4.74 Å². The molecule has 7 heteroatoms. The van der Waals surface area contributed by atoms with Gasteiger partial charge >= 0.3 is 0 Å². The van der Waals surface area contributed by atoms with E-state index in [1.165, 1.54) is 5.56 Å². The van der Waals surface area contributed by atoms with Crippen molar-refractivity contribution in [1.29, 1.82) is 0 Å². The standard InChI is InChI=1S/C22H25N5O2/c1-15-11-18(19(29-3)12-23-15)22(28)26-13-16(2)27-20(24-25-21(27)14-26)10-9-17-7-5-4-6-8-17/h4-8,11-12,16H,9-10,13-14H2,1-3H3/t16-/m0/s1. The van der Waals surface area contributed by atoms with Gasteiger partial charge in [-0.3, -0.25) is 9.78 Å². The van der Waals surface area contributed by atoms with Gasteiger partial charge < -0.3 is 14.2 Å². The maximum absolute atomic E-state index is 13.2. The number of methoxy groups -OCH3 is 1. The second-order valence-corrected chi connectivity index (χ2v) is 7.45. The summed E-state index contributed by atoms with van der Waals surface area (Å²) in [7, 11) is 1.55. The van der Waals surface area contributed by atoms with Gasteiger partial charge in [-0.25, -0.2) is 0 Å². The first-order valence-electron chi connectivity index (χ1n) is 9.83. The van der Waals surface area contributed by atoms with Crippen molar-refractivity contribution in [3.63, 3.8) is 0 Å². The van der Waals surface area contributed by atoms with Crippen LogP contribution < -0.4 is 4.74 Å². The molecule has 0 fully saturated rings. The summed E-state index contributed by atoms with van der Waals surface area (Å²) in [4.78, 5) is 19.2. The van der Waals surface area contributed by atoms with Crippen molar-refractivity contribution >= 4 is 5.91 Å². The summed E-state index contributed by atoms with van der Waals surface area (Å²) in [5, 5.41) is 8.80. The average Bonchev–Trinajstić information content (AvgIpc) is 3.16. The van der Waals surface area contributed by atoms with Crippen LogP contribution in [0.25, 0.3) is 0 Å². The number of aromatic nitrogens is 4. The molecule has 1 aliphatic rings. The summed E-state index contributed by atoms with van der Waals surface area (Å²) in [6, 6.07) is 12.3. The van der Waals surface area contributed by atoms with Crippen LogP contribution in [0.3, 0.4) is 0 Å². The number of amides is 1. The smallest absolute Gasteiger partial charge is 0.258 e. The molecule has 29 heavy (non-hydrogen) atoms. The van der Waals surface area contributed by atoms with Gasteiger partial charge in [0.2, 0.25) is 0 Å². The molecule has 1 atom stereocenters. The molecular formula is C22H25N5O2. The number of fused-ring (bicyclic) bond motifs is 1. The third kappa shape index (κ3) is 3.85. The first-order chi connectivity index (χ1) is 14.1. The normalized spacial score (nSPS) is 15.8. The number of aryl methyl sites for hydroxylation is 3. The lowest BCUT2D eigenvalue weighted by molar-refractivity contribution is 0.0676. The molecule has 3 heterocycles. The Bertz CT molecular complexity index is 1020. The number of benzene rings is 1. The quantitative estimate of drug-likeness (QED) is 0.669. The summed E-state index contributed by atoms with van der Waals surface area (Å²) in [5.74, 6) is 2.22. The fraction of sp³-hybridized carbons (Fsp3) is 0.364. The highest BCUT2D eigenvalue weighted by Gasteiger charge is 2.30. The predicted octanol–water partition coefficient (Wildman–Crippen LogP) is 2.99. The highest BCUT2D eigenvalue weighted by atomic mass is 16.5. The van der Waals surface area contributed by atoms with Gasteiger partial charge in [0.1, 0.15) is 11.6 Å². The van der Waals surface area contributed by atoms with Crippen LogP contribution in [0.15, 0.2) is 42.6 Å². The Balaban J connectivity index is 1.53. The number of ether oxygens (including phenoxy) is 1. The lowest BCUT2D eigenvalue weighted by Crippen LogP contribution is -2.41. The zero-order valence-corrected chi connectivity index (χ0v) is 17.0. The van der Waals surface area contributed by atoms with E-state index >= 15 is 0 Å². The highest BCUT2D eigenvalue weighted by molar-refractivity contribution is 5.97. The Kier molecular flexibility index (Phi) is 5.29. The minimum atomic E-state index is -0.0701. The average molecular weight is 391 g/mol. The van der Waals surface area contributed by atoms with E-state index in [0.717, 1.165) is 30.2 Å². The molecule has 1 aliphatic heterocycles. The number of carbonyl (C=O) groups is 1. The summed E-state index contributed by atoms with van der Waals surface area (Å²) in [6.07, 6.45) is 3.34. The zero-order chi connectivity index (χ0) is 20.4. The molecule has 1 amide bonds. The third-order valence-corrected chi connectivity index (χ3v) is 5.32. The fourth-order valence-corrected chi connectivity index (χ4v) is 3.89. The van der Waals surface area contributed by atoms with Gasteiger partial charge in [0.05, 0.1) is 31.5 Å². The molecule has 0 aliphatic carbocycles. The van der Waals surface area contributed by atoms with Crippen LogP contribution in [0.4, 0.5) is 0 Å². The summed E-state index contributed by atoms with van der Waals surface area (Å²) in [6.45, 7) is 5.01. The van der Waals surface area contributed by atoms with Gasteiger partial charge in [-0.1, -0.05) is 30.3 Å². The Morgan fingerprint density at radius 2 is 2.00 bits per heavy atom. The van der Waals surface area contributed by atoms with Gasteiger partial charge in [0.15, 0.2) is 5.82 Å². The molecule has 4 rings (SSSR count). The molecule has 2 aromatic heterocycles. The van der Waals surface area contributed by atoms with Gasteiger partial charge in [0, 0.05) is 18.7 Å². The molecular weight excluding hydrogens is 366 g/mol. The molecule has 7 nitrogen and oxygen atoms in total. The maximum atomic E-state index is 13.2. The first kappa shape index (κ1) is 19.1. The Morgan fingerprint density at radius 1 is 1.21 bits per heavy atom. The SMILES string of the molecule is COc1cnc(C)cc1C(=O)N1Cc2nnc(CCc3ccccc3)n2[C@@H](C)C1. The molecule has 0 spiro atoms. The molecule has 1 aromatic carbocycles. The van der Waals surface area contributed by atoms with E-state index in [2.05, 4.69) is 50.9 Å². The highest BCUT2D eigenvalue weighted by Crippen LogP contribution is 2.26. The number of hydrogen-bond acceptors (Lipinski definition) is 5. The van der Waals surface area contributed by atoms with Crippen LogP contribution in [0.2, 0.25) is 0 Å². The minimum absolute atomic E-state index is 0.0701. The predicted molar refractivity (Wildman–Crippen MR) is 109 cm³/mol. The summed E-state index contributed by atoms with van der Waals surface area (Å²) < 4.78 is 7.53. The first-order valence-corrected chi connectivity index (χ1v) is 9.83. The number of rotatable bonds is 5. The molecule has 3 aromatic rings. The van der Waals surface area contributed by atoms with Crippen LogP contribution in [-0.4, -0.2) is 44.2 Å². The van der Waals surface area contributed by atoms with Gasteiger partial charge in [-0.2, -0.15) is 0 Å². The lowest BCUT2D eigenvalue weighted by atomic mass is 10.1. The number of hydrogen-bond donors (Lipinski definition) is 0. The fourth-order valence-electron chi connectivity index (χ4n) is 3.89. The molecule has 0 N–H and O–H groups in total. The van der Waals surface area contributed by atoms with E-state index in [1.807, 2.05) is 17.9 Å². The van der Waals surface area contributed by atoms with Gasteiger partial charge in [-0.15, -0.1) is 10.2 Å². The topological polar surface area (TPSA) is 73.1 Å². The van der Waals surface area contributed by atoms with Gasteiger partial charge in [-0.05, 0) is 31.9 Å². The number of carbonyl (C=O) groups excluding carboxylic acids is 1. The van der Waals surface area contributed by atoms with Crippen LogP contribution in [0.1, 0.15) is 46.2 Å². The number of nitrogens with zero attached hydrogens (tertiary/aromatic N) is 5. The molecule has 0 radical (unpaired) electrons. The largest absolute Gasteiger partial charge is 0.494 e. The third-order valence-electron chi connectivity index (χ3n) is 5.32. The molecule has 150 valence electrons.